The normalized spacial score (nSPS) is 14.3. The van der Waals surface area contributed by atoms with Gasteiger partial charge in [-0.2, -0.15) is 0 Å². The zero-order valence-corrected chi connectivity index (χ0v) is 45.1. The highest BCUT2D eigenvalue weighted by atomic mass is 31.2. The first-order valence-electron chi connectivity index (χ1n) is 28.0. The van der Waals surface area contributed by atoms with Crippen LogP contribution in [0.2, 0.25) is 0 Å². The minimum atomic E-state index is -4.35. The summed E-state index contributed by atoms with van der Waals surface area (Å²) in [5.74, 6) is -0.189. The lowest BCUT2D eigenvalue weighted by atomic mass is 10.0. The summed E-state index contributed by atoms with van der Waals surface area (Å²) in [6.45, 7) is 4.77. The van der Waals surface area contributed by atoms with Crippen LogP contribution in [-0.4, -0.2) is 73.4 Å². The molecule has 0 heterocycles. The van der Waals surface area contributed by atoms with Gasteiger partial charge in [0, 0.05) is 6.42 Å². The molecule has 3 atom stereocenters. The topological polar surface area (TPSA) is 105 Å². The number of rotatable bonds is 51. The fourth-order valence-corrected chi connectivity index (χ4v) is 8.81. The van der Waals surface area contributed by atoms with Gasteiger partial charge in [0.15, 0.2) is 0 Å². The highest BCUT2D eigenvalue weighted by Crippen LogP contribution is 2.43. The zero-order valence-electron chi connectivity index (χ0n) is 44.2. The monoisotopic (exact) mass is 950 g/mol. The van der Waals surface area contributed by atoms with Gasteiger partial charge in [-0.15, -0.1) is 0 Å². The van der Waals surface area contributed by atoms with Crippen molar-refractivity contribution in [1.82, 2.24) is 5.32 Å². The number of aliphatic hydroxyl groups excluding tert-OH is 1. The zero-order chi connectivity index (χ0) is 48.5. The summed E-state index contributed by atoms with van der Waals surface area (Å²) in [4.78, 5) is 23.2. The van der Waals surface area contributed by atoms with Crippen LogP contribution >= 0.6 is 7.82 Å². The third-order valence-corrected chi connectivity index (χ3v) is 13.5. The molecule has 0 aliphatic rings. The number of nitrogens with one attached hydrogen (secondary N) is 1. The van der Waals surface area contributed by atoms with Crippen molar-refractivity contribution < 1.29 is 32.9 Å². The second-order valence-electron chi connectivity index (χ2n) is 20.3. The Bertz CT molecular complexity index is 1210. The second kappa shape index (κ2) is 48.5. The molecule has 0 spiro atoms. The Labute approximate surface area is 409 Å². The molecular weight excluding hydrogens is 840 g/mol. The Kier molecular flexibility index (Phi) is 47.4. The molecule has 0 aromatic carbocycles. The van der Waals surface area contributed by atoms with E-state index in [1.54, 1.807) is 6.08 Å². The van der Waals surface area contributed by atoms with Crippen LogP contribution in [0.3, 0.4) is 0 Å². The van der Waals surface area contributed by atoms with Crippen molar-refractivity contribution in [2.45, 2.75) is 270 Å². The Balaban J connectivity index is 4.06. The van der Waals surface area contributed by atoms with E-state index in [1.165, 1.54) is 186 Å². The van der Waals surface area contributed by atoms with Crippen LogP contribution in [0, 0.1) is 0 Å². The molecule has 66 heavy (non-hydrogen) atoms. The summed E-state index contributed by atoms with van der Waals surface area (Å²) in [5, 5.41) is 13.8. The van der Waals surface area contributed by atoms with E-state index >= 15 is 0 Å². The molecule has 0 aromatic rings. The number of phosphoric acid groups is 1. The molecule has 388 valence electrons. The summed E-state index contributed by atoms with van der Waals surface area (Å²) in [6, 6.07) is -0.868. The molecule has 3 unspecified atom stereocenters. The number of quaternary nitrogens is 1. The molecule has 0 saturated carbocycles. The van der Waals surface area contributed by atoms with Gasteiger partial charge in [-0.05, 0) is 70.6 Å². The summed E-state index contributed by atoms with van der Waals surface area (Å²) in [6.07, 6.45) is 63.7. The van der Waals surface area contributed by atoms with E-state index in [1.807, 2.05) is 27.2 Å². The van der Waals surface area contributed by atoms with Crippen LogP contribution in [-0.2, 0) is 18.4 Å². The fourth-order valence-electron chi connectivity index (χ4n) is 8.07. The van der Waals surface area contributed by atoms with E-state index in [0.29, 0.717) is 17.4 Å². The Hall–Kier alpha value is -1.54. The lowest BCUT2D eigenvalue weighted by Crippen LogP contribution is -2.45. The summed E-state index contributed by atoms with van der Waals surface area (Å²) in [5.41, 5.74) is 0. The van der Waals surface area contributed by atoms with Crippen molar-refractivity contribution in [2.75, 3.05) is 40.9 Å². The first-order valence-corrected chi connectivity index (χ1v) is 29.5. The van der Waals surface area contributed by atoms with Gasteiger partial charge in [0.25, 0.3) is 0 Å². The lowest BCUT2D eigenvalue weighted by molar-refractivity contribution is -0.870. The predicted molar refractivity (Wildman–Crippen MR) is 286 cm³/mol. The van der Waals surface area contributed by atoms with Crippen molar-refractivity contribution in [3.63, 3.8) is 0 Å². The number of phosphoric ester groups is 1. The number of allylic oxidation sites excluding steroid dienone is 7. The SMILES string of the molecule is CCCCC/C=C/CC/C=C/CC/C=C/C(O)C(COP(=O)(O)OCC[N+](C)(C)C)NC(=O)CCCCCCCCCCCCCCCCCCCCC/C=C\CCCCCCCCCC. The van der Waals surface area contributed by atoms with Crippen LogP contribution in [0.1, 0.15) is 258 Å². The number of carbonyl (C=O) groups excluding carboxylic acids is 1. The van der Waals surface area contributed by atoms with Crippen LogP contribution in [0.5, 0.6) is 0 Å². The Morgan fingerprint density at radius 3 is 1.24 bits per heavy atom. The molecular formula is C57H110N2O6P+. The molecule has 0 aliphatic carbocycles. The molecule has 0 fully saturated rings. The quantitative estimate of drug-likeness (QED) is 0.0243. The molecule has 1 amide bonds. The Morgan fingerprint density at radius 1 is 0.500 bits per heavy atom. The number of likely N-dealkylation sites (N-methyl/N-ethyl adjacent to an activating group) is 1. The van der Waals surface area contributed by atoms with Crippen molar-refractivity contribution in [3.8, 4) is 0 Å². The molecule has 0 bridgehead atoms. The molecule has 0 radical (unpaired) electrons. The van der Waals surface area contributed by atoms with E-state index in [0.717, 1.165) is 51.4 Å². The largest absolute Gasteiger partial charge is 0.472 e. The minimum Gasteiger partial charge on any atom is -0.387 e. The van der Waals surface area contributed by atoms with Crippen molar-refractivity contribution in [1.29, 1.82) is 0 Å². The van der Waals surface area contributed by atoms with Gasteiger partial charge in [0.2, 0.25) is 5.91 Å². The smallest absolute Gasteiger partial charge is 0.387 e. The maximum absolute atomic E-state index is 12.9. The summed E-state index contributed by atoms with van der Waals surface area (Å²) in [7, 11) is 1.55. The molecule has 0 rings (SSSR count). The number of aliphatic hydroxyl groups is 1. The van der Waals surface area contributed by atoms with Crippen LogP contribution in [0.4, 0.5) is 0 Å². The summed E-state index contributed by atoms with van der Waals surface area (Å²) >= 11 is 0. The highest BCUT2D eigenvalue weighted by Gasteiger charge is 2.27. The van der Waals surface area contributed by atoms with Gasteiger partial charge in [-0.3, -0.25) is 13.8 Å². The summed E-state index contributed by atoms with van der Waals surface area (Å²) < 4.78 is 23.6. The number of unbranched alkanes of at least 4 members (excludes halogenated alkanes) is 32. The number of hydrogen-bond acceptors (Lipinski definition) is 5. The molecule has 8 nitrogen and oxygen atoms in total. The van der Waals surface area contributed by atoms with E-state index in [2.05, 4.69) is 55.6 Å². The van der Waals surface area contributed by atoms with E-state index in [4.69, 9.17) is 9.05 Å². The number of nitrogens with zero attached hydrogens (tertiary/aromatic N) is 1. The molecule has 3 N–H and O–H groups in total. The first-order chi connectivity index (χ1) is 32.0. The van der Waals surface area contributed by atoms with Crippen molar-refractivity contribution in [2.24, 2.45) is 0 Å². The first kappa shape index (κ1) is 64.5. The van der Waals surface area contributed by atoms with Gasteiger partial charge in [0.1, 0.15) is 13.2 Å². The van der Waals surface area contributed by atoms with Gasteiger partial charge < -0.3 is 19.8 Å². The third-order valence-electron chi connectivity index (χ3n) is 12.5. The molecule has 0 aromatic heterocycles. The maximum Gasteiger partial charge on any atom is 0.472 e. The van der Waals surface area contributed by atoms with Crippen LogP contribution in [0.25, 0.3) is 0 Å². The van der Waals surface area contributed by atoms with Crippen LogP contribution in [0.15, 0.2) is 48.6 Å². The van der Waals surface area contributed by atoms with Gasteiger partial charge in [-0.1, -0.05) is 229 Å². The second-order valence-corrected chi connectivity index (χ2v) is 21.7. The number of carbonyl (C=O) groups is 1. The molecule has 9 heteroatoms. The average Bonchev–Trinajstić information content (AvgIpc) is 3.28. The third kappa shape index (κ3) is 50.3. The minimum absolute atomic E-state index is 0.0537. The molecule has 0 aliphatic heterocycles. The van der Waals surface area contributed by atoms with E-state index in [-0.39, 0.29) is 19.1 Å². The lowest BCUT2D eigenvalue weighted by Gasteiger charge is -2.25. The van der Waals surface area contributed by atoms with Gasteiger partial charge in [-0.25, -0.2) is 4.57 Å². The standard InChI is InChI=1S/C57H109N2O6P/c1-6-8-10-12-14-16-18-20-21-22-23-24-25-26-27-28-29-30-31-32-33-34-35-36-37-39-41-43-45-47-49-51-57(61)58-55(54-65-66(62,63)64-53-52-59(3,4)5)56(60)50-48-46-44-42-40-38-19-17-15-13-11-9-7-2/h15,17,22-23,40,42,48,50,55-56,60H,6-14,16,18-21,24-39,41,43-47,49,51-54H2,1-5H3,(H-,58,61,62,63)/p+1/b17-15+,23-22-,42-40+,50-48+. The van der Waals surface area contributed by atoms with Crippen LogP contribution < -0.4 is 5.32 Å². The van der Waals surface area contributed by atoms with Crippen molar-refractivity contribution in [3.05, 3.63) is 48.6 Å². The van der Waals surface area contributed by atoms with Gasteiger partial charge in [0.05, 0.1) is 39.9 Å². The number of hydrogen-bond donors (Lipinski definition) is 3. The Morgan fingerprint density at radius 2 is 0.833 bits per heavy atom. The maximum atomic E-state index is 12.9. The highest BCUT2D eigenvalue weighted by molar-refractivity contribution is 7.47. The van der Waals surface area contributed by atoms with E-state index < -0.39 is 20.0 Å². The molecule has 0 saturated heterocycles. The average molecular weight is 950 g/mol. The number of amides is 1. The van der Waals surface area contributed by atoms with Gasteiger partial charge >= 0.3 is 7.82 Å². The van der Waals surface area contributed by atoms with Crippen molar-refractivity contribution >= 4 is 13.7 Å². The van der Waals surface area contributed by atoms with E-state index in [9.17, 15) is 19.4 Å². The predicted octanol–water partition coefficient (Wildman–Crippen LogP) is 16.8. The fraction of sp³-hybridized carbons (Fsp3) is 0.842.